The lowest BCUT2D eigenvalue weighted by atomic mass is 9.78. The zero-order chi connectivity index (χ0) is 12.8. The molecule has 1 fully saturated rings. The third-order valence-corrected chi connectivity index (χ3v) is 5.07. The van der Waals surface area contributed by atoms with Gasteiger partial charge in [0, 0.05) is 11.4 Å². The van der Waals surface area contributed by atoms with Gasteiger partial charge in [0.05, 0.1) is 0 Å². The molecule has 0 spiro atoms. The van der Waals surface area contributed by atoms with Gasteiger partial charge < -0.3 is 5.32 Å². The largest absolute Gasteiger partial charge is 0.316 e. The van der Waals surface area contributed by atoms with Crippen molar-refractivity contribution < 1.29 is 0 Å². The first-order chi connectivity index (χ1) is 8.70. The smallest absolute Gasteiger partial charge is 0.00578 e. The third kappa shape index (κ3) is 4.10. The molecule has 1 aliphatic rings. The average Bonchev–Trinajstić information content (AvgIpc) is 2.95. The van der Waals surface area contributed by atoms with Crippen LogP contribution in [0.5, 0.6) is 0 Å². The molecule has 0 amide bonds. The van der Waals surface area contributed by atoms with Crippen molar-refractivity contribution in [2.45, 2.75) is 52.4 Å². The van der Waals surface area contributed by atoms with Crippen LogP contribution in [0.4, 0.5) is 0 Å². The molecule has 102 valence electrons. The lowest BCUT2D eigenvalue weighted by Gasteiger charge is -2.31. The van der Waals surface area contributed by atoms with E-state index in [1.807, 2.05) is 11.3 Å². The number of hydrogen-bond acceptors (Lipinski definition) is 2. The van der Waals surface area contributed by atoms with Crippen LogP contribution in [0, 0.1) is 11.3 Å². The fourth-order valence-electron chi connectivity index (χ4n) is 3.46. The standard InChI is InChI=1S/C16H27NS/c1-14(2)12-16(8-3-4-9-16)13-17-10-7-15-6-5-11-18-15/h5-6,11,14,17H,3-4,7-10,12-13H2,1-2H3. The molecule has 2 rings (SSSR count). The Morgan fingerprint density at radius 2 is 2.11 bits per heavy atom. The van der Waals surface area contributed by atoms with E-state index in [9.17, 15) is 0 Å². The molecule has 0 radical (unpaired) electrons. The highest BCUT2D eigenvalue weighted by Gasteiger charge is 2.33. The fourth-order valence-corrected chi connectivity index (χ4v) is 4.17. The van der Waals surface area contributed by atoms with Crippen molar-refractivity contribution in [2.24, 2.45) is 11.3 Å². The lowest BCUT2D eigenvalue weighted by Crippen LogP contribution is -2.34. The molecule has 1 saturated carbocycles. The van der Waals surface area contributed by atoms with E-state index in [1.165, 1.54) is 49.9 Å². The first-order valence-electron chi connectivity index (χ1n) is 7.43. The van der Waals surface area contributed by atoms with Crippen LogP contribution >= 0.6 is 11.3 Å². The molecule has 18 heavy (non-hydrogen) atoms. The fraction of sp³-hybridized carbons (Fsp3) is 0.750. The van der Waals surface area contributed by atoms with Crippen LogP contribution < -0.4 is 5.32 Å². The molecular weight excluding hydrogens is 238 g/mol. The molecule has 1 aliphatic carbocycles. The van der Waals surface area contributed by atoms with Crippen molar-refractivity contribution in [3.05, 3.63) is 22.4 Å². The Labute approximate surface area is 116 Å². The molecule has 1 aromatic rings. The summed E-state index contributed by atoms with van der Waals surface area (Å²) in [6.45, 7) is 7.11. The summed E-state index contributed by atoms with van der Waals surface area (Å²) >= 11 is 1.88. The Bertz CT molecular complexity index is 323. The van der Waals surface area contributed by atoms with Crippen LogP contribution in [0.1, 0.15) is 50.8 Å². The Morgan fingerprint density at radius 1 is 1.33 bits per heavy atom. The van der Waals surface area contributed by atoms with E-state index in [-0.39, 0.29) is 0 Å². The van der Waals surface area contributed by atoms with Crippen LogP contribution in [0.25, 0.3) is 0 Å². The highest BCUT2D eigenvalue weighted by Crippen LogP contribution is 2.42. The van der Waals surface area contributed by atoms with Gasteiger partial charge >= 0.3 is 0 Å². The van der Waals surface area contributed by atoms with Gasteiger partial charge in [-0.25, -0.2) is 0 Å². The minimum Gasteiger partial charge on any atom is -0.316 e. The third-order valence-electron chi connectivity index (χ3n) is 4.13. The molecule has 0 bridgehead atoms. The van der Waals surface area contributed by atoms with E-state index in [2.05, 4.69) is 36.7 Å². The maximum absolute atomic E-state index is 3.72. The van der Waals surface area contributed by atoms with Gasteiger partial charge in [-0.1, -0.05) is 32.8 Å². The second-order valence-electron chi connectivity index (χ2n) is 6.31. The topological polar surface area (TPSA) is 12.0 Å². The molecule has 1 heterocycles. The quantitative estimate of drug-likeness (QED) is 0.716. The van der Waals surface area contributed by atoms with Crippen LogP contribution in [0.15, 0.2) is 17.5 Å². The van der Waals surface area contributed by atoms with E-state index in [0.29, 0.717) is 5.41 Å². The molecule has 0 saturated heterocycles. The lowest BCUT2D eigenvalue weighted by molar-refractivity contribution is 0.225. The molecule has 0 unspecified atom stereocenters. The van der Waals surface area contributed by atoms with Crippen molar-refractivity contribution in [3.63, 3.8) is 0 Å². The maximum Gasteiger partial charge on any atom is 0.00578 e. The number of nitrogens with one attached hydrogen (secondary N) is 1. The molecule has 2 heteroatoms. The molecule has 1 nitrogen and oxygen atoms in total. The molecular formula is C16H27NS. The summed E-state index contributed by atoms with van der Waals surface area (Å²) in [5.74, 6) is 0.835. The first-order valence-corrected chi connectivity index (χ1v) is 8.31. The van der Waals surface area contributed by atoms with Crippen molar-refractivity contribution >= 4 is 11.3 Å². The Morgan fingerprint density at radius 3 is 2.72 bits per heavy atom. The van der Waals surface area contributed by atoms with Crippen LogP contribution in [-0.2, 0) is 6.42 Å². The summed E-state index contributed by atoms with van der Waals surface area (Å²) in [4.78, 5) is 1.51. The van der Waals surface area contributed by atoms with Crippen molar-refractivity contribution in [1.29, 1.82) is 0 Å². The normalized spacial score (nSPS) is 18.6. The highest BCUT2D eigenvalue weighted by molar-refractivity contribution is 7.09. The van der Waals surface area contributed by atoms with Crippen molar-refractivity contribution in [3.8, 4) is 0 Å². The van der Waals surface area contributed by atoms with E-state index in [4.69, 9.17) is 0 Å². The molecule has 0 aromatic carbocycles. The van der Waals surface area contributed by atoms with Gasteiger partial charge in [-0.05, 0) is 55.0 Å². The van der Waals surface area contributed by atoms with Gasteiger partial charge in [-0.2, -0.15) is 0 Å². The van der Waals surface area contributed by atoms with Gasteiger partial charge in [0.2, 0.25) is 0 Å². The van der Waals surface area contributed by atoms with E-state index < -0.39 is 0 Å². The summed E-state index contributed by atoms with van der Waals surface area (Å²) in [7, 11) is 0. The predicted molar refractivity (Wildman–Crippen MR) is 81.2 cm³/mol. The average molecular weight is 265 g/mol. The zero-order valence-corrected chi connectivity index (χ0v) is 12.7. The van der Waals surface area contributed by atoms with Crippen LogP contribution in [0.3, 0.4) is 0 Å². The van der Waals surface area contributed by atoms with E-state index in [1.54, 1.807) is 0 Å². The molecule has 0 aliphatic heterocycles. The van der Waals surface area contributed by atoms with Crippen LogP contribution in [0.2, 0.25) is 0 Å². The summed E-state index contributed by atoms with van der Waals surface area (Å²) in [6.07, 6.45) is 8.36. The monoisotopic (exact) mass is 265 g/mol. The molecule has 1 N–H and O–H groups in total. The maximum atomic E-state index is 3.72. The SMILES string of the molecule is CC(C)CC1(CNCCc2cccs2)CCCC1. The van der Waals surface area contributed by atoms with Gasteiger partial charge in [0.25, 0.3) is 0 Å². The van der Waals surface area contributed by atoms with Gasteiger partial charge in [0.15, 0.2) is 0 Å². The van der Waals surface area contributed by atoms with E-state index in [0.717, 1.165) is 12.5 Å². The Hall–Kier alpha value is -0.340. The molecule has 0 atom stereocenters. The highest BCUT2D eigenvalue weighted by atomic mass is 32.1. The second-order valence-corrected chi connectivity index (χ2v) is 7.34. The summed E-state index contributed by atoms with van der Waals surface area (Å²) in [5, 5.41) is 5.89. The van der Waals surface area contributed by atoms with Gasteiger partial charge in [0.1, 0.15) is 0 Å². The van der Waals surface area contributed by atoms with Crippen molar-refractivity contribution in [2.75, 3.05) is 13.1 Å². The minimum absolute atomic E-state index is 0.615. The Kier molecular flexibility index (Phi) is 5.25. The Balaban J connectivity index is 1.72. The second kappa shape index (κ2) is 6.72. The summed E-state index contributed by atoms with van der Waals surface area (Å²) in [5.41, 5.74) is 0.615. The molecule has 1 aromatic heterocycles. The van der Waals surface area contributed by atoms with Crippen LogP contribution in [-0.4, -0.2) is 13.1 Å². The minimum atomic E-state index is 0.615. The number of hydrogen-bond donors (Lipinski definition) is 1. The van der Waals surface area contributed by atoms with Gasteiger partial charge in [-0.15, -0.1) is 11.3 Å². The number of thiophene rings is 1. The predicted octanol–water partition coefficient (Wildman–Crippen LogP) is 4.49. The number of rotatable bonds is 7. The zero-order valence-electron chi connectivity index (χ0n) is 11.9. The van der Waals surface area contributed by atoms with Gasteiger partial charge in [-0.3, -0.25) is 0 Å². The summed E-state index contributed by atoms with van der Waals surface area (Å²) < 4.78 is 0. The summed E-state index contributed by atoms with van der Waals surface area (Å²) in [6, 6.07) is 4.39. The first kappa shape index (κ1) is 14.1. The van der Waals surface area contributed by atoms with E-state index >= 15 is 0 Å². The van der Waals surface area contributed by atoms with Crippen molar-refractivity contribution in [1.82, 2.24) is 5.32 Å².